The number of piperazine rings is 1. The maximum atomic E-state index is 3.70. The first-order valence-electron chi connectivity index (χ1n) is 7.41. The van der Waals surface area contributed by atoms with E-state index in [9.17, 15) is 0 Å². The number of benzene rings is 1. The first kappa shape index (κ1) is 14.9. The molecular formula is C16H25BrN2. The van der Waals surface area contributed by atoms with Crippen LogP contribution in [0.25, 0.3) is 0 Å². The van der Waals surface area contributed by atoms with E-state index in [1.165, 1.54) is 35.0 Å². The van der Waals surface area contributed by atoms with Gasteiger partial charge in [0.2, 0.25) is 0 Å². The summed E-state index contributed by atoms with van der Waals surface area (Å²) in [5.41, 5.74) is 2.69. The summed E-state index contributed by atoms with van der Waals surface area (Å²) in [7, 11) is 0. The van der Waals surface area contributed by atoms with Gasteiger partial charge in [0.05, 0.1) is 0 Å². The van der Waals surface area contributed by atoms with E-state index in [-0.39, 0.29) is 0 Å². The lowest BCUT2D eigenvalue weighted by molar-refractivity contribution is 0.369. The van der Waals surface area contributed by atoms with Crippen molar-refractivity contribution in [2.24, 2.45) is 0 Å². The largest absolute Gasteiger partial charge is 0.366 e. The average Bonchev–Trinajstić information content (AvgIpc) is 2.42. The first-order valence-corrected chi connectivity index (χ1v) is 8.21. The summed E-state index contributed by atoms with van der Waals surface area (Å²) in [6.07, 6.45) is 3.71. The molecule has 106 valence electrons. The lowest BCUT2D eigenvalue weighted by Gasteiger charge is -2.42. The standard InChI is InChI=1S/C16H25BrN2/c1-4-6-13-11-19(14(5-2)10-18-13)15-7-8-16(17)12(3)9-15/h7-9,13-14,18H,4-6,10-11H2,1-3H3. The van der Waals surface area contributed by atoms with Crippen LogP contribution in [0.2, 0.25) is 0 Å². The number of nitrogens with zero attached hydrogens (tertiary/aromatic N) is 1. The van der Waals surface area contributed by atoms with E-state index < -0.39 is 0 Å². The average molecular weight is 325 g/mol. The summed E-state index contributed by atoms with van der Waals surface area (Å²) >= 11 is 3.59. The highest BCUT2D eigenvalue weighted by atomic mass is 79.9. The number of halogens is 1. The molecule has 1 aromatic rings. The number of anilines is 1. The smallest absolute Gasteiger partial charge is 0.0412 e. The SMILES string of the molecule is CCCC1CN(c2ccc(Br)c(C)c2)C(CC)CN1. The molecule has 2 unspecified atom stereocenters. The van der Waals surface area contributed by atoms with Crippen molar-refractivity contribution in [1.29, 1.82) is 0 Å². The Hall–Kier alpha value is -0.540. The molecule has 1 fully saturated rings. The topological polar surface area (TPSA) is 15.3 Å². The molecule has 1 heterocycles. The Morgan fingerprint density at radius 1 is 1.37 bits per heavy atom. The summed E-state index contributed by atoms with van der Waals surface area (Å²) in [6, 6.07) is 7.98. The third kappa shape index (κ3) is 3.51. The van der Waals surface area contributed by atoms with E-state index in [4.69, 9.17) is 0 Å². The molecule has 1 aromatic carbocycles. The van der Waals surface area contributed by atoms with Gasteiger partial charge in [-0.25, -0.2) is 0 Å². The fraction of sp³-hybridized carbons (Fsp3) is 0.625. The molecule has 0 saturated carbocycles. The highest BCUT2D eigenvalue weighted by Gasteiger charge is 2.26. The lowest BCUT2D eigenvalue weighted by atomic mass is 10.0. The predicted molar refractivity (Wildman–Crippen MR) is 87.0 cm³/mol. The quantitative estimate of drug-likeness (QED) is 0.896. The fourth-order valence-corrected chi connectivity index (χ4v) is 3.14. The van der Waals surface area contributed by atoms with Gasteiger partial charge in [-0.1, -0.05) is 36.2 Å². The van der Waals surface area contributed by atoms with Gasteiger partial charge in [-0.2, -0.15) is 0 Å². The Balaban J connectivity index is 2.19. The summed E-state index contributed by atoms with van der Waals surface area (Å²) in [6.45, 7) is 8.96. The van der Waals surface area contributed by atoms with Gasteiger partial charge in [-0.05, 0) is 43.5 Å². The highest BCUT2D eigenvalue weighted by Crippen LogP contribution is 2.27. The van der Waals surface area contributed by atoms with Crippen LogP contribution < -0.4 is 10.2 Å². The Morgan fingerprint density at radius 2 is 2.16 bits per heavy atom. The molecule has 0 aromatic heterocycles. The van der Waals surface area contributed by atoms with Crippen molar-refractivity contribution < 1.29 is 0 Å². The van der Waals surface area contributed by atoms with Crippen LogP contribution >= 0.6 is 15.9 Å². The molecular weight excluding hydrogens is 300 g/mol. The van der Waals surface area contributed by atoms with Gasteiger partial charge in [0, 0.05) is 35.3 Å². The summed E-state index contributed by atoms with van der Waals surface area (Å²) < 4.78 is 1.20. The molecule has 0 radical (unpaired) electrons. The van der Waals surface area contributed by atoms with Crippen LogP contribution in [0, 0.1) is 6.92 Å². The molecule has 1 aliphatic heterocycles. The Kier molecular flexibility index (Phi) is 5.28. The Bertz CT molecular complexity index is 419. The van der Waals surface area contributed by atoms with Crippen LogP contribution in [-0.2, 0) is 0 Å². The molecule has 0 amide bonds. The summed E-state index contributed by atoms with van der Waals surface area (Å²) in [5.74, 6) is 0. The van der Waals surface area contributed by atoms with Gasteiger partial charge in [0.1, 0.15) is 0 Å². The Labute approximate surface area is 125 Å². The molecule has 0 spiro atoms. The fourth-order valence-electron chi connectivity index (χ4n) is 2.89. The third-order valence-corrected chi connectivity index (χ3v) is 4.97. The highest BCUT2D eigenvalue weighted by molar-refractivity contribution is 9.10. The molecule has 0 aliphatic carbocycles. The predicted octanol–water partition coefficient (Wildman–Crippen LogP) is 4.11. The van der Waals surface area contributed by atoms with Crippen LogP contribution in [0.4, 0.5) is 5.69 Å². The molecule has 3 heteroatoms. The van der Waals surface area contributed by atoms with Crippen molar-refractivity contribution in [3.63, 3.8) is 0 Å². The van der Waals surface area contributed by atoms with Gasteiger partial charge in [-0.3, -0.25) is 0 Å². The molecule has 2 nitrogen and oxygen atoms in total. The van der Waals surface area contributed by atoms with Gasteiger partial charge >= 0.3 is 0 Å². The zero-order chi connectivity index (χ0) is 13.8. The van der Waals surface area contributed by atoms with Crippen LogP contribution in [-0.4, -0.2) is 25.2 Å². The lowest BCUT2D eigenvalue weighted by Crippen LogP contribution is -2.56. The van der Waals surface area contributed by atoms with Gasteiger partial charge in [0.25, 0.3) is 0 Å². The number of rotatable bonds is 4. The number of hydrogen-bond donors (Lipinski definition) is 1. The van der Waals surface area contributed by atoms with E-state index in [0.29, 0.717) is 12.1 Å². The first-order chi connectivity index (χ1) is 9.15. The number of aryl methyl sites for hydroxylation is 1. The minimum atomic E-state index is 0.619. The second-order valence-corrected chi connectivity index (χ2v) is 6.40. The van der Waals surface area contributed by atoms with Crippen molar-refractivity contribution in [3.8, 4) is 0 Å². The number of hydrogen-bond acceptors (Lipinski definition) is 2. The van der Waals surface area contributed by atoms with Crippen molar-refractivity contribution in [2.75, 3.05) is 18.0 Å². The van der Waals surface area contributed by atoms with Crippen molar-refractivity contribution in [1.82, 2.24) is 5.32 Å². The van der Waals surface area contributed by atoms with Crippen molar-refractivity contribution in [3.05, 3.63) is 28.2 Å². The van der Waals surface area contributed by atoms with Crippen molar-refractivity contribution >= 4 is 21.6 Å². The normalized spacial score (nSPS) is 23.7. The maximum Gasteiger partial charge on any atom is 0.0412 e. The van der Waals surface area contributed by atoms with E-state index in [1.807, 2.05) is 0 Å². The van der Waals surface area contributed by atoms with E-state index in [2.05, 4.69) is 65.1 Å². The summed E-state index contributed by atoms with van der Waals surface area (Å²) in [5, 5.41) is 3.70. The van der Waals surface area contributed by atoms with Crippen LogP contribution in [0.5, 0.6) is 0 Å². The Morgan fingerprint density at radius 3 is 2.79 bits per heavy atom. The second-order valence-electron chi connectivity index (χ2n) is 5.54. The van der Waals surface area contributed by atoms with Gasteiger partial charge in [-0.15, -0.1) is 0 Å². The third-order valence-electron chi connectivity index (χ3n) is 4.08. The van der Waals surface area contributed by atoms with E-state index in [1.54, 1.807) is 0 Å². The van der Waals surface area contributed by atoms with Crippen LogP contribution in [0.1, 0.15) is 38.7 Å². The monoisotopic (exact) mass is 324 g/mol. The second kappa shape index (κ2) is 6.76. The molecule has 2 atom stereocenters. The van der Waals surface area contributed by atoms with Crippen molar-refractivity contribution in [2.45, 2.75) is 52.1 Å². The zero-order valence-corrected chi connectivity index (χ0v) is 13.8. The molecule has 0 bridgehead atoms. The van der Waals surface area contributed by atoms with Crippen LogP contribution in [0.15, 0.2) is 22.7 Å². The zero-order valence-electron chi connectivity index (χ0n) is 12.2. The van der Waals surface area contributed by atoms with Gasteiger partial charge in [0.15, 0.2) is 0 Å². The van der Waals surface area contributed by atoms with E-state index in [0.717, 1.165) is 13.1 Å². The molecule has 1 saturated heterocycles. The number of nitrogens with one attached hydrogen (secondary N) is 1. The maximum absolute atomic E-state index is 3.70. The van der Waals surface area contributed by atoms with Crippen LogP contribution in [0.3, 0.4) is 0 Å². The minimum absolute atomic E-state index is 0.619. The molecule has 19 heavy (non-hydrogen) atoms. The molecule has 1 aliphatic rings. The minimum Gasteiger partial charge on any atom is -0.366 e. The van der Waals surface area contributed by atoms with Gasteiger partial charge < -0.3 is 10.2 Å². The summed E-state index contributed by atoms with van der Waals surface area (Å²) in [4.78, 5) is 2.59. The van der Waals surface area contributed by atoms with E-state index >= 15 is 0 Å². The molecule has 1 N–H and O–H groups in total. The molecule has 2 rings (SSSR count).